The molecule has 1 amide bonds. The van der Waals surface area contributed by atoms with Crippen LogP contribution in [0, 0.1) is 0 Å². The number of hydrogen-bond acceptors (Lipinski definition) is 4. The Morgan fingerprint density at radius 2 is 2.22 bits per heavy atom. The summed E-state index contributed by atoms with van der Waals surface area (Å²) < 4.78 is 5.29. The summed E-state index contributed by atoms with van der Waals surface area (Å²) in [6.45, 7) is 3.34. The molecule has 1 aromatic heterocycles. The molecule has 0 spiro atoms. The van der Waals surface area contributed by atoms with Crippen molar-refractivity contribution in [1.29, 1.82) is 0 Å². The molecule has 1 aliphatic rings. The van der Waals surface area contributed by atoms with Crippen LogP contribution < -0.4 is 11.1 Å². The molecule has 5 nitrogen and oxygen atoms in total. The molecule has 1 aliphatic heterocycles. The average Bonchev–Trinajstić information content (AvgIpc) is 2.33. The molecule has 1 fully saturated rings. The number of hydrogen-bond donors (Lipinski definition) is 2. The first kappa shape index (κ1) is 13.1. The molecule has 1 aromatic rings. The first-order valence-corrected chi connectivity index (χ1v) is 6.19. The first-order chi connectivity index (χ1) is 8.50. The number of nitrogen functional groups attached to an aromatic ring is 1. The van der Waals surface area contributed by atoms with Crippen LogP contribution in [-0.2, 0) is 4.74 Å². The zero-order valence-corrected chi connectivity index (χ0v) is 11.0. The second-order valence-corrected chi connectivity index (χ2v) is 5.13. The third-order valence-electron chi connectivity index (χ3n) is 3.14. The number of nitrogens with two attached hydrogens (primary N) is 1. The normalized spacial score (nSPS) is 18.3. The predicted octanol–water partition coefficient (Wildman–Crippen LogP) is 1.62. The minimum atomic E-state index is -0.233. The summed E-state index contributed by atoms with van der Waals surface area (Å²) in [7, 11) is 0. The highest BCUT2D eigenvalue weighted by Gasteiger charge is 2.29. The zero-order chi connectivity index (χ0) is 13.2. The highest BCUT2D eigenvalue weighted by molar-refractivity contribution is 6.33. The summed E-state index contributed by atoms with van der Waals surface area (Å²) >= 11 is 5.85. The number of carbonyl (C=O) groups excluding carboxylic acids is 1. The van der Waals surface area contributed by atoms with Gasteiger partial charge in [-0.05, 0) is 25.8 Å². The smallest absolute Gasteiger partial charge is 0.253 e. The van der Waals surface area contributed by atoms with Crippen molar-refractivity contribution in [3.8, 4) is 0 Å². The topological polar surface area (TPSA) is 77.2 Å². The van der Waals surface area contributed by atoms with Gasteiger partial charge in [-0.3, -0.25) is 4.79 Å². The van der Waals surface area contributed by atoms with Crippen LogP contribution in [0.4, 0.5) is 5.82 Å². The molecule has 0 bridgehead atoms. The van der Waals surface area contributed by atoms with Crippen molar-refractivity contribution >= 4 is 23.3 Å². The van der Waals surface area contributed by atoms with E-state index in [0.29, 0.717) is 23.8 Å². The van der Waals surface area contributed by atoms with Gasteiger partial charge in [-0.2, -0.15) is 0 Å². The van der Waals surface area contributed by atoms with Crippen LogP contribution in [0.5, 0.6) is 0 Å². The number of amides is 1. The summed E-state index contributed by atoms with van der Waals surface area (Å²) in [6.07, 6.45) is 3.03. The van der Waals surface area contributed by atoms with Gasteiger partial charge >= 0.3 is 0 Å². The molecule has 0 radical (unpaired) electrons. The third-order valence-corrected chi connectivity index (χ3v) is 3.45. The summed E-state index contributed by atoms with van der Waals surface area (Å²) in [6, 6.07) is 1.53. The van der Waals surface area contributed by atoms with Crippen molar-refractivity contribution in [2.24, 2.45) is 0 Å². The van der Waals surface area contributed by atoms with Crippen LogP contribution in [0.2, 0.25) is 5.02 Å². The standard InChI is InChI=1S/C12H16ClN3O2/c1-12(2-4-18-5-3-12)16-11(17)8-6-9(13)10(14)15-7-8/h6-7H,2-5H2,1H3,(H2,14,15)(H,16,17). The van der Waals surface area contributed by atoms with Gasteiger partial charge in [0, 0.05) is 24.9 Å². The number of carbonyl (C=O) groups is 1. The fourth-order valence-electron chi connectivity index (χ4n) is 1.87. The monoisotopic (exact) mass is 269 g/mol. The molecule has 98 valence electrons. The molecule has 0 aromatic carbocycles. The van der Waals surface area contributed by atoms with Crippen LogP contribution in [-0.4, -0.2) is 29.6 Å². The van der Waals surface area contributed by atoms with Gasteiger partial charge in [0.15, 0.2) is 0 Å². The van der Waals surface area contributed by atoms with E-state index in [1.807, 2.05) is 6.92 Å². The van der Waals surface area contributed by atoms with Crippen LogP contribution in [0.25, 0.3) is 0 Å². The molecule has 2 heterocycles. The zero-order valence-electron chi connectivity index (χ0n) is 10.2. The van der Waals surface area contributed by atoms with Crippen molar-refractivity contribution in [3.05, 3.63) is 22.8 Å². The number of aromatic nitrogens is 1. The van der Waals surface area contributed by atoms with Gasteiger partial charge in [0.1, 0.15) is 5.82 Å². The fraction of sp³-hybridized carbons (Fsp3) is 0.500. The molecule has 2 rings (SSSR count). The van der Waals surface area contributed by atoms with Gasteiger partial charge < -0.3 is 15.8 Å². The van der Waals surface area contributed by atoms with Crippen LogP contribution in [0.1, 0.15) is 30.1 Å². The lowest BCUT2D eigenvalue weighted by molar-refractivity contribution is 0.0423. The maximum atomic E-state index is 12.1. The summed E-state index contributed by atoms with van der Waals surface area (Å²) in [5.74, 6) is 0.0410. The fourth-order valence-corrected chi connectivity index (χ4v) is 2.03. The van der Waals surface area contributed by atoms with Crippen LogP contribution in [0.3, 0.4) is 0 Å². The lowest BCUT2D eigenvalue weighted by Crippen LogP contribution is -2.49. The van der Waals surface area contributed by atoms with E-state index in [2.05, 4.69) is 10.3 Å². The van der Waals surface area contributed by atoms with Crippen LogP contribution >= 0.6 is 11.6 Å². The number of halogens is 1. The molecule has 6 heteroatoms. The molecule has 1 saturated heterocycles. The van der Waals surface area contributed by atoms with Crippen molar-refractivity contribution in [2.45, 2.75) is 25.3 Å². The first-order valence-electron chi connectivity index (χ1n) is 5.81. The molecular formula is C12H16ClN3O2. The van der Waals surface area contributed by atoms with Crippen LogP contribution in [0.15, 0.2) is 12.3 Å². The Bertz CT molecular complexity index is 459. The summed E-state index contributed by atoms with van der Waals surface area (Å²) in [4.78, 5) is 16.0. The van der Waals surface area contributed by atoms with Gasteiger partial charge in [0.2, 0.25) is 0 Å². The Labute approximate surface area is 111 Å². The Kier molecular flexibility index (Phi) is 3.73. The molecular weight excluding hydrogens is 254 g/mol. The maximum absolute atomic E-state index is 12.1. The second kappa shape index (κ2) is 5.12. The second-order valence-electron chi connectivity index (χ2n) is 4.72. The van der Waals surface area contributed by atoms with Crippen molar-refractivity contribution in [2.75, 3.05) is 18.9 Å². The van der Waals surface area contributed by atoms with Gasteiger partial charge in [-0.25, -0.2) is 4.98 Å². The van der Waals surface area contributed by atoms with E-state index in [0.717, 1.165) is 12.8 Å². The van der Waals surface area contributed by atoms with E-state index in [1.54, 1.807) is 0 Å². The quantitative estimate of drug-likeness (QED) is 0.855. The number of pyridine rings is 1. The highest BCUT2D eigenvalue weighted by atomic mass is 35.5. The lowest BCUT2D eigenvalue weighted by Gasteiger charge is -2.34. The average molecular weight is 270 g/mol. The maximum Gasteiger partial charge on any atom is 0.253 e. The largest absolute Gasteiger partial charge is 0.382 e. The number of ether oxygens (including phenoxy) is 1. The molecule has 18 heavy (non-hydrogen) atoms. The van der Waals surface area contributed by atoms with E-state index >= 15 is 0 Å². The minimum Gasteiger partial charge on any atom is -0.382 e. The molecule has 0 saturated carbocycles. The predicted molar refractivity (Wildman–Crippen MR) is 69.6 cm³/mol. The van der Waals surface area contributed by atoms with Crippen molar-refractivity contribution in [1.82, 2.24) is 10.3 Å². The SMILES string of the molecule is CC1(NC(=O)c2cnc(N)c(Cl)c2)CCOCC1. The Morgan fingerprint density at radius 3 is 2.83 bits per heavy atom. The molecule has 0 aliphatic carbocycles. The van der Waals surface area contributed by atoms with E-state index in [4.69, 9.17) is 22.1 Å². The Morgan fingerprint density at radius 1 is 1.56 bits per heavy atom. The number of anilines is 1. The van der Waals surface area contributed by atoms with Crippen molar-refractivity contribution in [3.63, 3.8) is 0 Å². The van der Waals surface area contributed by atoms with E-state index in [-0.39, 0.29) is 17.3 Å². The van der Waals surface area contributed by atoms with E-state index in [1.165, 1.54) is 12.3 Å². The van der Waals surface area contributed by atoms with Gasteiger partial charge in [-0.1, -0.05) is 11.6 Å². The number of rotatable bonds is 2. The Balaban J connectivity index is 2.09. The van der Waals surface area contributed by atoms with Gasteiger partial charge in [0.05, 0.1) is 10.6 Å². The van der Waals surface area contributed by atoms with E-state index in [9.17, 15) is 4.79 Å². The molecule has 3 N–H and O–H groups in total. The molecule has 0 unspecified atom stereocenters. The third kappa shape index (κ3) is 2.91. The number of nitrogens with zero attached hydrogens (tertiary/aromatic N) is 1. The highest BCUT2D eigenvalue weighted by Crippen LogP contribution is 2.21. The Hall–Kier alpha value is -1.33. The summed E-state index contributed by atoms with van der Waals surface area (Å²) in [5, 5.41) is 3.29. The number of nitrogens with one attached hydrogen (secondary N) is 1. The van der Waals surface area contributed by atoms with Gasteiger partial charge in [0.25, 0.3) is 5.91 Å². The van der Waals surface area contributed by atoms with Crippen molar-refractivity contribution < 1.29 is 9.53 Å². The minimum absolute atomic E-state index is 0.186. The van der Waals surface area contributed by atoms with E-state index < -0.39 is 0 Å². The molecule has 0 atom stereocenters. The van der Waals surface area contributed by atoms with Gasteiger partial charge in [-0.15, -0.1) is 0 Å². The summed E-state index contributed by atoms with van der Waals surface area (Å²) in [5.41, 5.74) is 5.69. The lowest BCUT2D eigenvalue weighted by atomic mass is 9.92.